The molecule has 4 heterocycles. The van der Waals surface area contributed by atoms with Crippen molar-refractivity contribution in [2.45, 2.75) is 76.5 Å². The summed E-state index contributed by atoms with van der Waals surface area (Å²) in [5, 5.41) is 9.93. The molecule has 4 aliphatic rings. The fourth-order valence-electron chi connectivity index (χ4n) is 10.8. The number of aromatic amines is 2. The third kappa shape index (κ3) is 8.94. The first-order valence-electron chi connectivity index (χ1n) is 25.1. The molecule has 2 unspecified atom stereocenters. The minimum atomic E-state index is -0.805. The average molecular weight is 953 g/mol. The SMILES string of the molecule is C=C1CCN(C(=O)C(NC(=O)OC)[C@@H](C)CC)[C@@H]1c1nc2c(ccc3cc(-c4ccc5c(ccc6[nH]c([C@@H]7C[C@H](COCC8C=CC8)CN7C(=O)[C@H](NC(=O)C7CC7)c7ccccc7)nc65)c4)ccc32)[nH]1. The Kier molecular flexibility index (Phi) is 12.4. The van der Waals surface area contributed by atoms with Crippen LogP contribution in [0.2, 0.25) is 0 Å². The van der Waals surface area contributed by atoms with Crippen LogP contribution in [-0.2, 0) is 23.9 Å². The number of imidazole rings is 2. The summed E-state index contributed by atoms with van der Waals surface area (Å²) in [6.07, 6.45) is 8.46. The molecule has 1 saturated carbocycles. The summed E-state index contributed by atoms with van der Waals surface area (Å²) in [5.74, 6) is 1.36. The predicted octanol–water partition coefficient (Wildman–Crippen LogP) is 9.76. The Hall–Kier alpha value is -7.32. The molecule has 2 aliphatic heterocycles. The highest BCUT2D eigenvalue weighted by Gasteiger charge is 2.43. The van der Waals surface area contributed by atoms with Crippen molar-refractivity contribution < 1.29 is 28.7 Å². The van der Waals surface area contributed by atoms with Crippen LogP contribution in [0.5, 0.6) is 0 Å². The molecule has 364 valence electrons. The number of nitrogens with zero attached hydrogens (tertiary/aromatic N) is 4. The molecule has 2 saturated heterocycles. The Morgan fingerprint density at radius 1 is 0.817 bits per heavy atom. The smallest absolute Gasteiger partial charge is 0.407 e. The van der Waals surface area contributed by atoms with Gasteiger partial charge < -0.3 is 39.9 Å². The second-order valence-electron chi connectivity index (χ2n) is 20.1. The quantitative estimate of drug-likeness (QED) is 0.0735. The highest BCUT2D eigenvalue weighted by Crippen LogP contribution is 2.41. The van der Waals surface area contributed by atoms with Crippen molar-refractivity contribution in [3.63, 3.8) is 0 Å². The lowest BCUT2D eigenvalue weighted by Gasteiger charge is -2.30. The van der Waals surface area contributed by atoms with Crippen LogP contribution in [0.25, 0.3) is 54.7 Å². The number of hydrogen-bond donors (Lipinski definition) is 4. The number of alkyl carbamates (subject to hydrolysis) is 1. The number of fused-ring (bicyclic) bond motifs is 6. The van der Waals surface area contributed by atoms with E-state index in [9.17, 15) is 19.2 Å². The highest BCUT2D eigenvalue weighted by molar-refractivity contribution is 6.08. The molecule has 0 radical (unpaired) electrons. The van der Waals surface area contributed by atoms with Gasteiger partial charge in [0.25, 0.3) is 0 Å². The van der Waals surface area contributed by atoms with Crippen LogP contribution >= 0.6 is 0 Å². The largest absolute Gasteiger partial charge is 0.453 e. The standard InChI is InChI=1S/C57H60N8O6/c1-5-32(2)47(63-57(69)70-4)55(67)64-25-24-33(3)51(64)53-59-45-23-19-41-28-39(17-21-43(41)50(45)61-53)38-16-20-42-40(27-38)18-22-44-49(42)60-52(58-44)46-26-35(31-71-30-34-10-9-11-34)29-65(46)56(68)48(36-12-7-6-8-13-36)62-54(66)37-14-15-37/h6-10,12-13,16-23,27-28,32,34-35,37,46-48,51H,3,5,11,14-15,24-26,29-31H2,1-2,4H3,(H,58,60)(H,59,61)(H,62,66)(H,63,69)/t32-,34?,35-,46-,47?,48+,51-/m0/s1. The van der Waals surface area contributed by atoms with E-state index in [-0.39, 0.29) is 41.5 Å². The number of allylic oxidation sites excluding steroid dienone is 1. The zero-order valence-corrected chi connectivity index (χ0v) is 40.5. The third-order valence-electron chi connectivity index (χ3n) is 15.3. The maximum atomic E-state index is 14.8. The van der Waals surface area contributed by atoms with Crippen LogP contribution in [0, 0.1) is 23.7 Å². The number of nitrogens with one attached hydrogen (secondary N) is 4. The van der Waals surface area contributed by atoms with E-state index >= 15 is 0 Å². The average Bonchev–Trinajstić information content (AvgIpc) is 3.64. The number of carbonyl (C=O) groups is 4. The van der Waals surface area contributed by atoms with Gasteiger partial charge in [0, 0.05) is 41.6 Å². The lowest BCUT2D eigenvalue weighted by Crippen LogP contribution is -2.51. The van der Waals surface area contributed by atoms with E-state index in [1.165, 1.54) is 7.11 Å². The van der Waals surface area contributed by atoms with Crippen molar-refractivity contribution in [1.82, 2.24) is 40.4 Å². The minimum Gasteiger partial charge on any atom is -0.453 e. The Bertz CT molecular complexity index is 3250. The summed E-state index contributed by atoms with van der Waals surface area (Å²) in [4.78, 5) is 75.5. The van der Waals surface area contributed by atoms with Gasteiger partial charge in [-0.2, -0.15) is 0 Å². The zero-order chi connectivity index (χ0) is 48.9. The number of hydrogen-bond acceptors (Lipinski definition) is 8. The van der Waals surface area contributed by atoms with E-state index in [1.807, 2.05) is 55.1 Å². The van der Waals surface area contributed by atoms with Gasteiger partial charge in [-0.25, -0.2) is 14.8 Å². The number of benzene rings is 5. The molecular formula is C57H60N8O6. The summed E-state index contributed by atoms with van der Waals surface area (Å²) < 4.78 is 11.1. The second kappa shape index (κ2) is 19.1. The first-order valence-corrected chi connectivity index (χ1v) is 25.1. The van der Waals surface area contributed by atoms with Gasteiger partial charge in [0.15, 0.2) is 0 Å². The van der Waals surface area contributed by atoms with Crippen LogP contribution in [-0.4, -0.2) is 93.0 Å². The van der Waals surface area contributed by atoms with Crippen LogP contribution in [0.1, 0.15) is 87.7 Å². The monoisotopic (exact) mass is 952 g/mol. The number of likely N-dealkylation sites (tertiary alicyclic amines) is 2. The summed E-state index contributed by atoms with van der Waals surface area (Å²) in [5.41, 5.74) is 7.15. The van der Waals surface area contributed by atoms with Crippen LogP contribution in [0.15, 0.2) is 115 Å². The van der Waals surface area contributed by atoms with Crippen molar-refractivity contribution in [3.8, 4) is 11.1 Å². The number of methoxy groups -OCH3 is 1. The van der Waals surface area contributed by atoms with E-state index in [0.29, 0.717) is 57.3 Å². The van der Waals surface area contributed by atoms with Crippen LogP contribution < -0.4 is 10.6 Å². The number of carbonyl (C=O) groups excluding carboxylic acids is 4. The molecule has 0 spiro atoms. The molecule has 71 heavy (non-hydrogen) atoms. The molecule has 14 heteroatoms. The molecule has 7 atom stereocenters. The number of H-pyrrole nitrogens is 2. The van der Waals surface area contributed by atoms with Crippen molar-refractivity contribution in [2.75, 3.05) is 33.4 Å². The van der Waals surface area contributed by atoms with E-state index in [4.69, 9.17) is 19.4 Å². The van der Waals surface area contributed by atoms with Crippen molar-refractivity contribution in [1.29, 1.82) is 0 Å². The number of ether oxygens (including phenoxy) is 2. The van der Waals surface area contributed by atoms with Gasteiger partial charge >= 0.3 is 6.09 Å². The lowest BCUT2D eigenvalue weighted by molar-refractivity contribution is -0.138. The Labute approximate surface area is 412 Å². The van der Waals surface area contributed by atoms with E-state index in [2.05, 4.69) is 93.9 Å². The Morgan fingerprint density at radius 2 is 1.48 bits per heavy atom. The first-order chi connectivity index (χ1) is 34.5. The van der Waals surface area contributed by atoms with E-state index in [1.54, 1.807) is 4.90 Å². The van der Waals surface area contributed by atoms with Gasteiger partial charge in [0.1, 0.15) is 29.8 Å². The van der Waals surface area contributed by atoms with Gasteiger partial charge in [0.05, 0.1) is 48.4 Å². The molecular weight excluding hydrogens is 893 g/mol. The second-order valence-corrected chi connectivity index (χ2v) is 20.1. The number of amides is 4. The normalized spacial score (nSPS) is 21.2. The maximum Gasteiger partial charge on any atom is 0.407 e. The van der Waals surface area contributed by atoms with Gasteiger partial charge in [0.2, 0.25) is 17.7 Å². The fourth-order valence-corrected chi connectivity index (χ4v) is 10.8. The lowest BCUT2D eigenvalue weighted by atomic mass is 9.96. The summed E-state index contributed by atoms with van der Waals surface area (Å²) in [6.45, 7) is 10.5. The fraction of sp³-hybridized carbons (Fsp3) is 0.368. The molecule has 4 N–H and O–H groups in total. The van der Waals surface area contributed by atoms with Crippen molar-refractivity contribution in [2.24, 2.45) is 23.7 Å². The Morgan fingerprint density at radius 3 is 2.10 bits per heavy atom. The van der Waals surface area contributed by atoms with Gasteiger partial charge in [-0.15, -0.1) is 0 Å². The highest BCUT2D eigenvalue weighted by atomic mass is 16.5. The topological polar surface area (TPSA) is 175 Å². The number of rotatable bonds is 15. The molecule has 3 fully saturated rings. The molecule has 4 amide bonds. The van der Waals surface area contributed by atoms with Gasteiger partial charge in [-0.3, -0.25) is 14.4 Å². The summed E-state index contributed by atoms with van der Waals surface area (Å²) >= 11 is 0. The number of aromatic nitrogens is 4. The first kappa shape index (κ1) is 46.1. The maximum absolute atomic E-state index is 14.8. The minimum absolute atomic E-state index is 0.0399. The zero-order valence-electron chi connectivity index (χ0n) is 40.5. The van der Waals surface area contributed by atoms with Crippen LogP contribution in [0.3, 0.4) is 0 Å². The van der Waals surface area contributed by atoms with Crippen molar-refractivity contribution in [3.05, 3.63) is 133 Å². The summed E-state index contributed by atoms with van der Waals surface area (Å²) in [6, 6.07) is 28.4. The Balaban J connectivity index is 0.866. The predicted molar refractivity (Wildman–Crippen MR) is 274 cm³/mol. The third-order valence-corrected chi connectivity index (χ3v) is 15.3. The summed E-state index contributed by atoms with van der Waals surface area (Å²) in [7, 11) is 1.30. The van der Waals surface area contributed by atoms with Gasteiger partial charge in [-0.05, 0) is 95.3 Å². The molecule has 0 bridgehead atoms. The van der Waals surface area contributed by atoms with Gasteiger partial charge in [-0.1, -0.05) is 106 Å². The molecule has 14 nitrogen and oxygen atoms in total. The molecule has 5 aromatic carbocycles. The van der Waals surface area contributed by atoms with E-state index in [0.717, 1.165) is 91.0 Å². The molecule has 2 aromatic heterocycles. The van der Waals surface area contributed by atoms with E-state index < -0.39 is 24.2 Å². The molecule has 7 aromatic rings. The van der Waals surface area contributed by atoms with Crippen molar-refractivity contribution >= 4 is 67.4 Å². The molecule has 2 aliphatic carbocycles. The molecule has 11 rings (SSSR count). The van der Waals surface area contributed by atoms with Crippen LogP contribution in [0.4, 0.5) is 4.79 Å².